The minimum absolute atomic E-state index is 0.639. The largest absolute Gasteiger partial charge is 0.329 e. The monoisotopic (exact) mass is 295 g/mol. The van der Waals surface area contributed by atoms with E-state index in [1.54, 1.807) is 0 Å². The maximum absolute atomic E-state index is 6.09. The first kappa shape index (κ1) is 17.2. The Bertz CT molecular complexity index is 282. The molecule has 2 aliphatic heterocycles. The molecule has 0 radical (unpaired) electrons. The molecule has 21 heavy (non-hydrogen) atoms. The van der Waals surface area contributed by atoms with E-state index in [9.17, 15) is 0 Å². The lowest BCUT2D eigenvalue weighted by Gasteiger charge is -2.48. The van der Waals surface area contributed by atoms with Gasteiger partial charge in [-0.2, -0.15) is 0 Å². The summed E-state index contributed by atoms with van der Waals surface area (Å²) in [6.07, 6.45) is 12.4. The fraction of sp³-hybridized carbons (Fsp3) is 1.00. The molecule has 2 saturated heterocycles. The number of likely N-dealkylation sites (tertiary alicyclic amines) is 2. The summed E-state index contributed by atoms with van der Waals surface area (Å²) >= 11 is 0. The molecule has 0 spiro atoms. The highest BCUT2D eigenvalue weighted by Gasteiger charge is 2.35. The van der Waals surface area contributed by atoms with Crippen molar-refractivity contribution in [2.75, 3.05) is 33.2 Å². The molecule has 0 aromatic carbocycles. The number of hydrogen-bond donors (Lipinski definition) is 1. The maximum Gasteiger partial charge on any atom is 0.0218 e. The van der Waals surface area contributed by atoms with Gasteiger partial charge in [-0.1, -0.05) is 39.0 Å². The summed E-state index contributed by atoms with van der Waals surface area (Å²) < 4.78 is 0. The summed E-state index contributed by atoms with van der Waals surface area (Å²) in [4.78, 5) is 5.33. The first-order chi connectivity index (χ1) is 10.3. The molecule has 0 amide bonds. The second-order valence-electron chi connectivity index (χ2n) is 7.33. The molecule has 0 aliphatic carbocycles. The van der Waals surface area contributed by atoms with Crippen molar-refractivity contribution in [3.63, 3.8) is 0 Å². The lowest BCUT2D eigenvalue weighted by Crippen LogP contribution is -2.56. The minimum atomic E-state index is 0.639. The van der Waals surface area contributed by atoms with E-state index in [0.717, 1.165) is 18.5 Å². The van der Waals surface area contributed by atoms with Crippen LogP contribution in [0.1, 0.15) is 64.7 Å². The summed E-state index contributed by atoms with van der Waals surface area (Å²) in [6, 6.07) is 1.48. The molecule has 0 aromatic heterocycles. The van der Waals surface area contributed by atoms with Crippen LogP contribution in [0.4, 0.5) is 0 Å². The molecular weight excluding hydrogens is 258 g/mol. The van der Waals surface area contributed by atoms with Crippen molar-refractivity contribution in [2.24, 2.45) is 11.7 Å². The number of fused-ring (bicyclic) bond motifs is 1. The molecule has 3 unspecified atom stereocenters. The van der Waals surface area contributed by atoms with E-state index < -0.39 is 0 Å². The third-order valence-corrected chi connectivity index (χ3v) is 5.81. The van der Waals surface area contributed by atoms with Crippen LogP contribution in [0.3, 0.4) is 0 Å². The van der Waals surface area contributed by atoms with E-state index >= 15 is 0 Å². The first-order valence-corrected chi connectivity index (χ1v) is 9.40. The predicted octanol–water partition coefficient (Wildman–Crippen LogP) is 3.09. The van der Waals surface area contributed by atoms with Crippen molar-refractivity contribution >= 4 is 0 Å². The van der Waals surface area contributed by atoms with E-state index in [1.165, 1.54) is 77.4 Å². The van der Waals surface area contributed by atoms with Crippen LogP contribution < -0.4 is 5.73 Å². The van der Waals surface area contributed by atoms with E-state index in [0.29, 0.717) is 6.04 Å². The topological polar surface area (TPSA) is 32.5 Å². The van der Waals surface area contributed by atoms with Gasteiger partial charge >= 0.3 is 0 Å². The highest BCUT2D eigenvalue weighted by molar-refractivity contribution is 4.91. The molecule has 2 heterocycles. The summed E-state index contributed by atoms with van der Waals surface area (Å²) in [7, 11) is 2.32. The van der Waals surface area contributed by atoms with E-state index in [4.69, 9.17) is 5.73 Å². The molecule has 3 nitrogen and oxygen atoms in total. The van der Waals surface area contributed by atoms with Crippen molar-refractivity contribution in [1.82, 2.24) is 9.80 Å². The molecule has 2 aliphatic rings. The Balaban J connectivity index is 1.74. The normalized spacial score (nSPS) is 29.3. The minimum Gasteiger partial charge on any atom is -0.329 e. The van der Waals surface area contributed by atoms with Crippen LogP contribution in [0, 0.1) is 5.92 Å². The van der Waals surface area contributed by atoms with Gasteiger partial charge in [-0.15, -0.1) is 0 Å². The highest BCUT2D eigenvalue weighted by Crippen LogP contribution is 2.30. The summed E-state index contributed by atoms with van der Waals surface area (Å²) in [6.45, 7) is 7.00. The Labute approximate surface area is 132 Å². The van der Waals surface area contributed by atoms with E-state index in [1.807, 2.05) is 0 Å². The molecular formula is C18H37N3. The number of hydrogen-bond acceptors (Lipinski definition) is 3. The smallest absolute Gasteiger partial charge is 0.0218 e. The molecule has 124 valence electrons. The quantitative estimate of drug-likeness (QED) is 0.699. The number of unbranched alkanes of at least 4 members (excludes halogenated alkanes) is 4. The van der Waals surface area contributed by atoms with Crippen LogP contribution in [-0.2, 0) is 0 Å². The second-order valence-corrected chi connectivity index (χ2v) is 7.33. The number of nitrogens with zero attached hydrogens (tertiary/aromatic N) is 2. The van der Waals surface area contributed by atoms with Gasteiger partial charge in [0.2, 0.25) is 0 Å². The lowest BCUT2D eigenvalue weighted by atomic mass is 9.83. The Morgan fingerprint density at radius 1 is 1.10 bits per heavy atom. The van der Waals surface area contributed by atoms with Gasteiger partial charge in [-0.25, -0.2) is 0 Å². The molecule has 0 aromatic rings. The van der Waals surface area contributed by atoms with Gasteiger partial charge in [0.1, 0.15) is 0 Å². The molecule has 0 saturated carbocycles. The number of piperidine rings is 2. The van der Waals surface area contributed by atoms with Crippen molar-refractivity contribution in [1.29, 1.82) is 0 Å². The third-order valence-electron chi connectivity index (χ3n) is 5.81. The molecule has 3 heteroatoms. The van der Waals surface area contributed by atoms with Crippen LogP contribution in [-0.4, -0.2) is 55.1 Å². The summed E-state index contributed by atoms with van der Waals surface area (Å²) in [5, 5.41) is 0. The van der Waals surface area contributed by atoms with Crippen LogP contribution in [0.5, 0.6) is 0 Å². The predicted molar refractivity (Wildman–Crippen MR) is 91.6 cm³/mol. The lowest BCUT2D eigenvalue weighted by molar-refractivity contribution is 0.0195. The zero-order chi connectivity index (χ0) is 15.1. The van der Waals surface area contributed by atoms with Gasteiger partial charge in [0.05, 0.1) is 0 Å². The Morgan fingerprint density at radius 3 is 2.67 bits per heavy atom. The maximum atomic E-state index is 6.09. The van der Waals surface area contributed by atoms with Crippen LogP contribution >= 0.6 is 0 Å². The SMILES string of the molecule is CCCCCCCC(CN)N1CCC2C(CCCN2C)C1. The summed E-state index contributed by atoms with van der Waals surface area (Å²) in [5.74, 6) is 0.895. The average molecular weight is 296 g/mol. The van der Waals surface area contributed by atoms with E-state index in [-0.39, 0.29) is 0 Å². The number of rotatable bonds is 8. The fourth-order valence-corrected chi connectivity index (χ4v) is 4.45. The van der Waals surface area contributed by atoms with Crippen molar-refractivity contribution < 1.29 is 0 Å². The molecule has 3 atom stereocenters. The van der Waals surface area contributed by atoms with Gasteiger partial charge in [0.25, 0.3) is 0 Å². The van der Waals surface area contributed by atoms with Crippen LogP contribution in [0.25, 0.3) is 0 Å². The van der Waals surface area contributed by atoms with Crippen molar-refractivity contribution in [3.05, 3.63) is 0 Å². The molecule has 0 bridgehead atoms. The zero-order valence-corrected chi connectivity index (χ0v) is 14.4. The Morgan fingerprint density at radius 2 is 1.90 bits per heavy atom. The third kappa shape index (κ3) is 4.94. The van der Waals surface area contributed by atoms with Gasteiger partial charge in [0, 0.05) is 25.2 Å². The Hall–Kier alpha value is -0.120. The number of nitrogens with two attached hydrogens (primary N) is 1. The van der Waals surface area contributed by atoms with Crippen molar-refractivity contribution in [2.45, 2.75) is 76.8 Å². The summed E-state index contributed by atoms with van der Waals surface area (Å²) in [5.41, 5.74) is 6.09. The van der Waals surface area contributed by atoms with E-state index in [2.05, 4.69) is 23.8 Å². The van der Waals surface area contributed by atoms with Gasteiger partial charge in [-0.3, -0.25) is 4.90 Å². The van der Waals surface area contributed by atoms with Crippen LogP contribution in [0.15, 0.2) is 0 Å². The average Bonchev–Trinajstić information content (AvgIpc) is 2.51. The highest BCUT2D eigenvalue weighted by atomic mass is 15.2. The van der Waals surface area contributed by atoms with Crippen LogP contribution in [0.2, 0.25) is 0 Å². The van der Waals surface area contributed by atoms with Gasteiger partial charge in [0.15, 0.2) is 0 Å². The first-order valence-electron chi connectivity index (χ1n) is 9.40. The standard InChI is InChI=1S/C18H37N3/c1-3-4-5-6-7-10-17(14-19)21-13-11-18-16(15-21)9-8-12-20(18)2/h16-18H,3-15,19H2,1-2H3. The molecule has 2 N–H and O–H groups in total. The molecule has 2 rings (SSSR count). The van der Waals surface area contributed by atoms with Crippen molar-refractivity contribution in [3.8, 4) is 0 Å². The van der Waals surface area contributed by atoms with Gasteiger partial charge < -0.3 is 10.6 Å². The fourth-order valence-electron chi connectivity index (χ4n) is 4.45. The molecule has 2 fully saturated rings. The van der Waals surface area contributed by atoms with Gasteiger partial charge in [-0.05, 0) is 51.7 Å². The Kier molecular flexibility index (Phi) is 7.48. The zero-order valence-electron chi connectivity index (χ0n) is 14.4. The second kappa shape index (κ2) is 9.12.